The molecule has 4 aromatic rings. The van der Waals surface area contributed by atoms with Crippen molar-refractivity contribution in [1.82, 2.24) is 39.0 Å². The summed E-state index contributed by atoms with van der Waals surface area (Å²) < 4.78 is 43.2. The number of hydrogen-bond acceptors (Lipinski definition) is 9. The number of hydroxylamine groups is 2. The second-order valence-electron chi connectivity index (χ2n) is 11.7. The summed E-state index contributed by atoms with van der Waals surface area (Å²) in [6.07, 6.45) is 4.92. The Morgan fingerprint density at radius 1 is 1.08 bits per heavy atom. The third-order valence-corrected chi connectivity index (χ3v) is 8.87. The molecule has 2 aliphatic rings. The van der Waals surface area contributed by atoms with Crippen LogP contribution >= 0.6 is 0 Å². The van der Waals surface area contributed by atoms with Crippen molar-refractivity contribution in [2.24, 2.45) is 5.92 Å². The Morgan fingerprint density at radius 2 is 1.83 bits per heavy atom. The first-order valence-electron chi connectivity index (χ1n) is 15.9. The molecule has 0 saturated carbocycles. The first-order valence-corrected chi connectivity index (χ1v) is 15.9. The van der Waals surface area contributed by atoms with Crippen LogP contribution in [-0.4, -0.2) is 103 Å². The lowest BCUT2D eigenvalue weighted by molar-refractivity contribution is -0.181. The first-order chi connectivity index (χ1) is 23.3. The number of piperidine rings is 1. The van der Waals surface area contributed by atoms with E-state index in [-0.39, 0.29) is 29.8 Å². The summed E-state index contributed by atoms with van der Waals surface area (Å²) >= 11 is 0. The Morgan fingerprint density at radius 3 is 2.52 bits per heavy atom. The fourth-order valence-corrected chi connectivity index (χ4v) is 6.34. The fourth-order valence-electron chi connectivity index (χ4n) is 6.34. The van der Waals surface area contributed by atoms with Gasteiger partial charge in [-0.05, 0) is 43.0 Å². The lowest BCUT2D eigenvalue weighted by Crippen LogP contribution is -2.53. The second kappa shape index (κ2) is 14.4. The number of imidazole rings is 1. The smallest absolute Gasteiger partial charge is 0.312 e. The standard InChI is InChI=1S/C32H36F3N9O4/c1-2-21-17-23(38-29-30-37-18-26(44(30)12-8-36-29)25-19-42(11-7-33)39-27(25)28(34)35)3-4-24(21)32(47)41-15-13-40(14-16-41)31(46)22-5-9-43(10-6-22)48-20-45/h3-4,8,12,17-20,22,28H,2,5-7,9-11,13-16H2,1H3,(H,36,38). The van der Waals surface area contributed by atoms with Crippen molar-refractivity contribution >= 4 is 35.4 Å². The van der Waals surface area contributed by atoms with Crippen molar-refractivity contribution in [1.29, 1.82) is 0 Å². The first kappa shape index (κ1) is 32.9. The summed E-state index contributed by atoms with van der Waals surface area (Å²) in [5.74, 6) is 0.224. The fraction of sp³-hybridized carbons (Fsp3) is 0.438. The third-order valence-electron chi connectivity index (χ3n) is 8.87. The van der Waals surface area contributed by atoms with Crippen LogP contribution in [0.3, 0.4) is 0 Å². The van der Waals surface area contributed by atoms with Gasteiger partial charge in [0.2, 0.25) is 5.91 Å². The number of halogens is 3. The van der Waals surface area contributed by atoms with Gasteiger partial charge in [0.1, 0.15) is 12.4 Å². The van der Waals surface area contributed by atoms with Gasteiger partial charge in [-0.2, -0.15) is 5.10 Å². The molecular weight excluding hydrogens is 631 g/mol. The number of fused-ring (bicyclic) bond motifs is 1. The molecule has 3 aromatic heterocycles. The highest BCUT2D eigenvalue weighted by Crippen LogP contribution is 2.32. The number of alkyl halides is 3. The van der Waals surface area contributed by atoms with Crippen molar-refractivity contribution in [3.8, 4) is 11.3 Å². The minimum atomic E-state index is -2.86. The summed E-state index contributed by atoms with van der Waals surface area (Å²) in [4.78, 5) is 54.6. The average molecular weight is 668 g/mol. The van der Waals surface area contributed by atoms with E-state index in [0.717, 1.165) is 10.2 Å². The lowest BCUT2D eigenvalue weighted by Gasteiger charge is -2.38. The van der Waals surface area contributed by atoms with Gasteiger partial charge in [0.05, 0.1) is 18.4 Å². The van der Waals surface area contributed by atoms with E-state index in [1.54, 1.807) is 32.7 Å². The van der Waals surface area contributed by atoms with E-state index >= 15 is 0 Å². The zero-order valence-corrected chi connectivity index (χ0v) is 26.4. The van der Waals surface area contributed by atoms with Crippen molar-refractivity contribution in [3.05, 3.63) is 59.8 Å². The number of hydrogen-bond donors (Lipinski definition) is 1. The second-order valence-corrected chi connectivity index (χ2v) is 11.7. The Bertz CT molecular complexity index is 1780. The van der Waals surface area contributed by atoms with Crippen LogP contribution in [0.1, 0.15) is 47.8 Å². The van der Waals surface area contributed by atoms with Gasteiger partial charge in [0.15, 0.2) is 11.5 Å². The predicted molar refractivity (Wildman–Crippen MR) is 168 cm³/mol. The molecule has 1 aromatic carbocycles. The van der Waals surface area contributed by atoms with Gasteiger partial charge >= 0.3 is 6.47 Å². The number of anilines is 2. The molecule has 2 fully saturated rings. The summed E-state index contributed by atoms with van der Waals surface area (Å²) in [5, 5.41) is 8.66. The minimum Gasteiger partial charge on any atom is -0.371 e. The zero-order chi connectivity index (χ0) is 33.8. The minimum absolute atomic E-state index is 0.0760. The molecule has 0 aliphatic carbocycles. The molecule has 2 amide bonds. The molecule has 254 valence electrons. The molecule has 1 N–H and O–H groups in total. The third kappa shape index (κ3) is 6.70. The highest BCUT2D eigenvalue weighted by Gasteiger charge is 2.32. The molecule has 0 atom stereocenters. The van der Waals surface area contributed by atoms with Crippen LogP contribution in [0, 0.1) is 5.92 Å². The van der Waals surface area contributed by atoms with Gasteiger partial charge in [-0.3, -0.25) is 23.5 Å². The molecule has 48 heavy (non-hydrogen) atoms. The number of nitrogens with zero attached hydrogens (tertiary/aromatic N) is 8. The topological polar surface area (TPSA) is 130 Å². The monoisotopic (exact) mass is 667 g/mol. The number of piperazine rings is 1. The van der Waals surface area contributed by atoms with Crippen LogP contribution in [0.4, 0.5) is 24.7 Å². The SMILES string of the molecule is CCc1cc(Nc2nccn3c(-c4cn(CCF)nc4C(F)F)cnc23)ccc1C(=O)N1CCN(C(=O)C2CCN(OC=O)CC2)CC1. The van der Waals surface area contributed by atoms with Crippen LogP contribution in [0.25, 0.3) is 16.9 Å². The van der Waals surface area contributed by atoms with E-state index < -0.39 is 18.8 Å². The highest BCUT2D eigenvalue weighted by molar-refractivity contribution is 5.96. The number of amides is 2. The Labute approximate surface area is 274 Å². The van der Waals surface area contributed by atoms with Crippen molar-refractivity contribution in [2.45, 2.75) is 39.2 Å². The maximum Gasteiger partial charge on any atom is 0.312 e. The molecule has 0 unspecified atom stereocenters. The van der Waals surface area contributed by atoms with Gasteiger partial charge in [0, 0.05) is 80.6 Å². The number of nitrogens with one attached hydrogen (secondary N) is 1. The Kier molecular flexibility index (Phi) is 9.89. The van der Waals surface area contributed by atoms with Crippen LogP contribution in [0.5, 0.6) is 0 Å². The average Bonchev–Trinajstić information content (AvgIpc) is 3.73. The van der Waals surface area contributed by atoms with E-state index in [9.17, 15) is 27.6 Å². The van der Waals surface area contributed by atoms with E-state index in [0.29, 0.717) is 93.4 Å². The van der Waals surface area contributed by atoms with Crippen LogP contribution in [-0.2, 0) is 27.4 Å². The van der Waals surface area contributed by atoms with Crippen molar-refractivity contribution < 1.29 is 32.4 Å². The maximum absolute atomic E-state index is 13.8. The predicted octanol–water partition coefficient (Wildman–Crippen LogP) is 3.89. The largest absolute Gasteiger partial charge is 0.371 e. The van der Waals surface area contributed by atoms with Crippen LogP contribution in [0.15, 0.2) is 43.0 Å². The van der Waals surface area contributed by atoms with E-state index in [1.165, 1.54) is 18.6 Å². The maximum atomic E-state index is 13.8. The van der Waals surface area contributed by atoms with E-state index in [2.05, 4.69) is 20.4 Å². The van der Waals surface area contributed by atoms with Gasteiger partial charge in [-0.15, -0.1) is 5.06 Å². The van der Waals surface area contributed by atoms with Gasteiger partial charge in [0.25, 0.3) is 12.3 Å². The molecule has 2 saturated heterocycles. The molecule has 0 spiro atoms. The van der Waals surface area contributed by atoms with Gasteiger partial charge in [-0.25, -0.2) is 23.1 Å². The molecule has 5 heterocycles. The van der Waals surface area contributed by atoms with Crippen LogP contribution < -0.4 is 5.32 Å². The molecule has 13 nitrogen and oxygen atoms in total. The summed E-state index contributed by atoms with van der Waals surface area (Å²) in [7, 11) is 0. The molecule has 16 heteroatoms. The summed E-state index contributed by atoms with van der Waals surface area (Å²) in [5.41, 5.74) is 2.50. The molecule has 2 aliphatic heterocycles. The van der Waals surface area contributed by atoms with Gasteiger partial charge in [-0.1, -0.05) is 6.92 Å². The van der Waals surface area contributed by atoms with Crippen molar-refractivity contribution in [2.75, 3.05) is 51.3 Å². The Hall–Kier alpha value is -4.99. The molecular formula is C32H36F3N9O4. The number of carbonyl (C=O) groups excluding carboxylic acids is 3. The number of carbonyl (C=O) groups is 3. The van der Waals surface area contributed by atoms with E-state index in [1.807, 2.05) is 17.9 Å². The van der Waals surface area contributed by atoms with Gasteiger partial charge < -0.3 is 20.0 Å². The molecule has 0 bridgehead atoms. The quantitative estimate of drug-likeness (QED) is 0.237. The zero-order valence-electron chi connectivity index (χ0n) is 26.4. The lowest BCUT2D eigenvalue weighted by atomic mass is 9.96. The van der Waals surface area contributed by atoms with E-state index in [4.69, 9.17) is 4.84 Å². The summed E-state index contributed by atoms with van der Waals surface area (Å²) in [6.45, 7) is 4.27. The molecule has 6 rings (SSSR count). The van der Waals surface area contributed by atoms with Crippen LogP contribution in [0.2, 0.25) is 0 Å². The van der Waals surface area contributed by atoms with Crippen molar-refractivity contribution in [3.63, 3.8) is 0 Å². The number of aromatic nitrogens is 5. The highest BCUT2D eigenvalue weighted by atomic mass is 19.3. The normalized spacial score (nSPS) is 16.1. The number of rotatable bonds is 11. The number of benzene rings is 1. The number of aryl methyl sites for hydroxylation is 2. The molecule has 0 radical (unpaired) electrons. The summed E-state index contributed by atoms with van der Waals surface area (Å²) in [6, 6.07) is 5.41. The Balaban J connectivity index is 1.13.